The van der Waals surface area contributed by atoms with Crippen LogP contribution in [-0.2, 0) is 11.3 Å². The van der Waals surface area contributed by atoms with Crippen LogP contribution in [0.2, 0.25) is 0 Å². The van der Waals surface area contributed by atoms with Crippen molar-refractivity contribution in [3.8, 4) is 11.5 Å². The largest absolute Gasteiger partial charge is 0.493 e. The number of methoxy groups -OCH3 is 1. The van der Waals surface area contributed by atoms with Crippen LogP contribution in [0, 0.1) is 0 Å². The molecule has 0 radical (unpaired) electrons. The van der Waals surface area contributed by atoms with Crippen LogP contribution < -0.4 is 20.5 Å². The lowest BCUT2D eigenvalue weighted by Gasteiger charge is -2.12. The van der Waals surface area contributed by atoms with Crippen molar-refractivity contribution in [2.24, 2.45) is 5.73 Å². The number of alkyl halides is 2. The zero-order valence-electron chi connectivity index (χ0n) is 11.1. The minimum atomic E-state index is -2.94. The van der Waals surface area contributed by atoms with Gasteiger partial charge in [-0.05, 0) is 24.6 Å². The Morgan fingerprint density at radius 2 is 2.05 bits per heavy atom. The number of rotatable bonds is 6. The van der Waals surface area contributed by atoms with E-state index in [-0.39, 0.29) is 36.4 Å². The number of hydrogen-bond acceptors (Lipinski definition) is 4. The van der Waals surface area contributed by atoms with Gasteiger partial charge in [-0.2, -0.15) is 8.78 Å². The number of carbonyl (C=O) groups is 1. The number of nitrogens with one attached hydrogen (secondary N) is 1. The quantitative estimate of drug-likeness (QED) is 0.838. The first-order valence-corrected chi connectivity index (χ1v) is 5.59. The first-order chi connectivity index (χ1) is 8.93. The number of carbonyl (C=O) groups excluding carboxylic acids is 1. The van der Waals surface area contributed by atoms with Crippen molar-refractivity contribution < 1.29 is 23.0 Å². The SMILES string of the molecule is COc1ccc(CNC(=O)[C@@H](C)N)cc1OC(F)F.Cl. The molecule has 1 aromatic rings. The molecule has 0 spiro atoms. The van der Waals surface area contributed by atoms with Crippen LogP contribution in [0.5, 0.6) is 11.5 Å². The lowest BCUT2D eigenvalue weighted by atomic mass is 10.2. The molecule has 0 aliphatic rings. The van der Waals surface area contributed by atoms with Crippen LogP contribution in [0.15, 0.2) is 18.2 Å². The van der Waals surface area contributed by atoms with E-state index >= 15 is 0 Å². The summed E-state index contributed by atoms with van der Waals surface area (Å²) in [5, 5.41) is 2.57. The molecule has 0 saturated heterocycles. The zero-order valence-corrected chi connectivity index (χ0v) is 11.9. The Labute approximate surface area is 121 Å². The normalized spacial score (nSPS) is 11.5. The fourth-order valence-electron chi connectivity index (χ4n) is 1.37. The Hall–Kier alpha value is -1.60. The standard InChI is InChI=1S/C12H16F2N2O3.ClH/c1-7(15)11(17)16-6-8-3-4-9(18-2)10(5-8)19-12(13)14;/h3-5,7,12H,6,15H2,1-2H3,(H,16,17);1H/t7-;/m1./s1. The van der Waals surface area contributed by atoms with Gasteiger partial charge >= 0.3 is 6.61 Å². The predicted octanol–water partition coefficient (Wildman–Crippen LogP) is 1.68. The van der Waals surface area contributed by atoms with Gasteiger partial charge in [0.15, 0.2) is 11.5 Å². The monoisotopic (exact) mass is 310 g/mol. The molecule has 0 saturated carbocycles. The van der Waals surface area contributed by atoms with Gasteiger partial charge in [0.05, 0.1) is 13.2 Å². The Bertz CT molecular complexity index is 445. The zero-order chi connectivity index (χ0) is 14.4. The highest BCUT2D eigenvalue weighted by atomic mass is 35.5. The van der Waals surface area contributed by atoms with Gasteiger partial charge in [0.2, 0.25) is 5.91 Å². The molecular formula is C12H17ClF2N2O3. The maximum Gasteiger partial charge on any atom is 0.387 e. The molecule has 1 aromatic carbocycles. The maximum absolute atomic E-state index is 12.2. The second-order valence-electron chi connectivity index (χ2n) is 3.87. The molecule has 0 aromatic heterocycles. The first kappa shape index (κ1) is 18.4. The summed E-state index contributed by atoms with van der Waals surface area (Å²) in [7, 11) is 1.35. The summed E-state index contributed by atoms with van der Waals surface area (Å²) >= 11 is 0. The van der Waals surface area contributed by atoms with Gasteiger partial charge in [-0.25, -0.2) is 0 Å². The number of halogens is 3. The van der Waals surface area contributed by atoms with Crippen LogP contribution in [0.4, 0.5) is 8.78 Å². The first-order valence-electron chi connectivity index (χ1n) is 5.59. The average molecular weight is 311 g/mol. The van der Waals surface area contributed by atoms with Gasteiger partial charge in [0.25, 0.3) is 0 Å². The molecule has 20 heavy (non-hydrogen) atoms. The molecule has 0 unspecified atom stereocenters. The number of ether oxygens (including phenoxy) is 2. The van der Waals surface area contributed by atoms with Gasteiger partial charge < -0.3 is 20.5 Å². The van der Waals surface area contributed by atoms with E-state index in [9.17, 15) is 13.6 Å². The summed E-state index contributed by atoms with van der Waals surface area (Å²) in [5.74, 6) is -0.209. The van der Waals surface area contributed by atoms with Gasteiger partial charge in [0, 0.05) is 6.54 Å². The van der Waals surface area contributed by atoms with Crippen LogP contribution >= 0.6 is 12.4 Å². The van der Waals surface area contributed by atoms with E-state index < -0.39 is 12.7 Å². The molecule has 5 nitrogen and oxygen atoms in total. The van der Waals surface area contributed by atoms with Gasteiger partial charge in [-0.15, -0.1) is 12.4 Å². The Morgan fingerprint density at radius 1 is 1.40 bits per heavy atom. The lowest BCUT2D eigenvalue weighted by molar-refractivity contribution is -0.122. The summed E-state index contributed by atoms with van der Waals surface area (Å²) in [4.78, 5) is 11.3. The van der Waals surface area contributed by atoms with E-state index in [2.05, 4.69) is 10.1 Å². The molecule has 114 valence electrons. The van der Waals surface area contributed by atoms with Crippen molar-refractivity contribution in [2.75, 3.05) is 7.11 Å². The molecule has 0 fully saturated rings. The number of hydrogen-bond donors (Lipinski definition) is 2. The number of nitrogens with two attached hydrogens (primary N) is 1. The minimum absolute atomic E-state index is 0. The van der Waals surface area contributed by atoms with E-state index in [0.29, 0.717) is 5.56 Å². The highest BCUT2D eigenvalue weighted by Gasteiger charge is 2.12. The highest BCUT2D eigenvalue weighted by molar-refractivity contribution is 5.85. The molecule has 0 heterocycles. The summed E-state index contributed by atoms with van der Waals surface area (Å²) < 4.78 is 33.7. The topological polar surface area (TPSA) is 73.6 Å². The van der Waals surface area contributed by atoms with Crippen molar-refractivity contribution in [3.63, 3.8) is 0 Å². The smallest absolute Gasteiger partial charge is 0.387 e. The predicted molar refractivity (Wildman–Crippen MR) is 72.4 cm³/mol. The van der Waals surface area contributed by atoms with Crippen molar-refractivity contribution in [2.45, 2.75) is 26.1 Å². The summed E-state index contributed by atoms with van der Waals surface area (Å²) in [6.07, 6.45) is 0. The minimum Gasteiger partial charge on any atom is -0.493 e. The molecule has 0 aliphatic heterocycles. The van der Waals surface area contributed by atoms with E-state index in [4.69, 9.17) is 10.5 Å². The summed E-state index contributed by atoms with van der Waals surface area (Å²) in [5.41, 5.74) is 5.99. The highest BCUT2D eigenvalue weighted by Crippen LogP contribution is 2.29. The van der Waals surface area contributed by atoms with Gasteiger partial charge in [-0.1, -0.05) is 6.07 Å². The third kappa shape index (κ3) is 5.58. The fraction of sp³-hybridized carbons (Fsp3) is 0.417. The van der Waals surface area contributed by atoms with Crippen molar-refractivity contribution >= 4 is 18.3 Å². The third-order valence-corrected chi connectivity index (χ3v) is 2.32. The van der Waals surface area contributed by atoms with E-state index in [1.807, 2.05) is 0 Å². The van der Waals surface area contributed by atoms with E-state index in [1.54, 1.807) is 13.0 Å². The summed E-state index contributed by atoms with van der Waals surface area (Å²) in [6, 6.07) is 3.88. The Morgan fingerprint density at radius 3 is 2.55 bits per heavy atom. The molecule has 3 N–H and O–H groups in total. The average Bonchev–Trinajstić information content (AvgIpc) is 2.35. The Balaban J connectivity index is 0.00000361. The van der Waals surface area contributed by atoms with Crippen molar-refractivity contribution in [1.82, 2.24) is 5.32 Å². The molecule has 8 heteroatoms. The van der Waals surface area contributed by atoms with Crippen LogP contribution in [0.1, 0.15) is 12.5 Å². The van der Waals surface area contributed by atoms with Crippen LogP contribution in [-0.4, -0.2) is 25.7 Å². The fourth-order valence-corrected chi connectivity index (χ4v) is 1.37. The third-order valence-electron chi connectivity index (χ3n) is 2.32. The van der Waals surface area contributed by atoms with Crippen molar-refractivity contribution in [1.29, 1.82) is 0 Å². The van der Waals surface area contributed by atoms with E-state index in [0.717, 1.165) is 0 Å². The molecule has 0 bridgehead atoms. The Kier molecular flexibility index (Phi) is 7.86. The van der Waals surface area contributed by atoms with Crippen LogP contribution in [0.25, 0.3) is 0 Å². The molecule has 1 amide bonds. The second kappa shape index (κ2) is 8.55. The van der Waals surface area contributed by atoms with Crippen molar-refractivity contribution in [3.05, 3.63) is 23.8 Å². The molecule has 0 aliphatic carbocycles. The molecule has 1 rings (SSSR count). The number of amides is 1. The van der Waals surface area contributed by atoms with Gasteiger partial charge in [0.1, 0.15) is 0 Å². The molecule has 1 atom stereocenters. The second-order valence-corrected chi connectivity index (χ2v) is 3.87. The van der Waals surface area contributed by atoms with Gasteiger partial charge in [-0.3, -0.25) is 4.79 Å². The molecular weight excluding hydrogens is 294 g/mol. The van der Waals surface area contributed by atoms with Crippen LogP contribution in [0.3, 0.4) is 0 Å². The lowest BCUT2D eigenvalue weighted by Crippen LogP contribution is -2.37. The van der Waals surface area contributed by atoms with E-state index in [1.165, 1.54) is 19.2 Å². The number of benzene rings is 1. The summed E-state index contributed by atoms with van der Waals surface area (Å²) in [6.45, 7) is -1.22. The maximum atomic E-state index is 12.2.